The van der Waals surface area contributed by atoms with E-state index in [2.05, 4.69) is 41.2 Å². The molecule has 1 aromatic carbocycles. The van der Waals surface area contributed by atoms with Crippen molar-refractivity contribution in [1.82, 2.24) is 14.7 Å². The second-order valence-electron chi connectivity index (χ2n) is 5.47. The highest BCUT2D eigenvalue weighted by Gasteiger charge is 2.23. The summed E-state index contributed by atoms with van der Waals surface area (Å²) in [5.41, 5.74) is 3.22. The van der Waals surface area contributed by atoms with E-state index in [0.717, 1.165) is 26.2 Å². The quantitative estimate of drug-likeness (QED) is 0.842. The van der Waals surface area contributed by atoms with Crippen molar-refractivity contribution in [2.45, 2.75) is 6.92 Å². The predicted octanol–water partition coefficient (Wildman–Crippen LogP) is 1.69. The van der Waals surface area contributed by atoms with Crippen LogP contribution in [0.1, 0.15) is 15.9 Å². The van der Waals surface area contributed by atoms with Crippen molar-refractivity contribution in [2.75, 3.05) is 31.1 Å². The number of nitrogens with zero attached hydrogens (tertiary/aromatic N) is 4. The average Bonchev–Trinajstić information content (AvgIpc) is 2.94. The minimum atomic E-state index is 0.0764. The fraction of sp³-hybridized carbons (Fsp3) is 0.375. The highest BCUT2D eigenvalue weighted by Crippen LogP contribution is 2.21. The molecule has 3 rings (SSSR count). The van der Waals surface area contributed by atoms with Crippen molar-refractivity contribution in [3.05, 3.63) is 47.8 Å². The summed E-state index contributed by atoms with van der Waals surface area (Å²) >= 11 is 0. The molecule has 1 aliphatic rings. The fourth-order valence-electron chi connectivity index (χ4n) is 2.78. The lowest BCUT2D eigenvalue weighted by atomic mass is 10.1. The molecular formula is C16H20N4O. The largest absolute Gasteiger partial charge is 0.368 e. The Bertz CT molecular complexity index is 641. The van der Waals surface area contributed by atoms with E-state index in [1.54, 1.807) is 17.1 Å². The predicted molar refractivity (Wildman–Crippen MR) is 82.5 cm³/mol. The molecule has 0 bridgehead atoms. The number of rotatable bonds is 2. The molecule has 1 saturated heterocycles. The number of benzene rings is 1. The number of carbonyl (C=O) groups excluding carboxylic acids is 1. The van der Waals surface area contributed by atoms with Gasteiger partial charge in [0, 0.05) is 45.1 Å². The molecule has 0 atom stereocenters. The van der Waals surface area contributed by atoms with E-state index in [1.807, 2.05) is 11.9 Å². The lowest BCUT2D eigenvalue weighted by Crippen LogP contribution is -2.48. The molecule has 2 aromatic rings. The van der Waals surface area contributed by atoms with E-state index >= 15 is 0 Å². The maximum absolute atomic E-state index is 12.4. The van der Waals surface area contributed by atoms with Gasteiger partial charge in [-0.05, 0) is 18.6 Å². The van der Waals surface area contributed by atoms with Gasteiger partial charge in [-0.2, -0.15) is 5.10 Å². The minimum Gasteiger partial charge on any atom is -0.368 e. The van der Waals surface area contributed by atoms with Crippen molar-refractivity contribution >= 4 is 11.6 Å². The van der Waals surface area contributed by atoms with Crippen molar-refractivity contribution in [3.8, 4) is 0 Å². The lowest BCUT2D eigenvalue weighted by molar-refractivity contribution is 0.0746. The maximum Gasteiger partial charge on any atom is 0.257 e. The van der Waals surface area contributed by atoms with E-state index in [1.165, 1.54) is 11.3 Å². The first-order valence-electron chi connectivity index (χ1n) is 7.23. The number of aromatic nitrogens is 2. The monoisotopic (exact) mass is 284 g/mol. The van der Waals surface area contributed by atoms with Gasteiger partial charge in [0.2, 0.25) is 0 Å². The van der Waals surface area contributed by atoms with Crippen molar-refractivity contribution in [2.24, 2.45) is 7.05 Å². The Morgan fingerprint density at radius 1 is 1.14 bits per heavy atom. The second kappa shape index (κ2) is 5.60. The number of hydrogen-bond donors (Lipinski definition) is 0. The van der Waals surface area contributed by atoms with Gasteiger partial charge >= 0.3 is 0 Å². The first-order chi connectivity index (χ1) is 10.1. The molecule has 5 heteroatoms. The SMILES string of the molecule is Cc1ccccc1N1CCN(C(=O)c2cnn(C)c2)CC1. The van der Waals surface area contributed by atoms with Gasteiger partial charge < -0.3 is 9.80 Å². The number of anilines is 1. The Morgan fingerprint density at radius 3 is 2.48 bits per heavy atom. The van der Waals surface area contributed by atoms with Gasteiger partial charge in [0.15, 0.2) is 0 Å². The number of carbonyl (C=O) groups is 1. The van der Waals surface area contributed by atoms with E-state index in [9.17, 15) is 4.79 Å². The zero-order valence-electron chi connectivity index (χ0n) is 12.5. The summed E-state index contributed by atoms with van der Waals surface area (Å²) < 4.78 is 1.66. The molecule has 110 valence electrons. The zero-order valence-corrected chi connectivity index (χ0v) is 12.5. The Morgan fingerprint density at radius 2 is 1.86 bits per heavy atom. The van der Waals surface area contributed by atoms with Gasteiger partial charge in [-0.15, -0.1) is 0 Å². The van der Waals surface area contributed by atoms with Crippen molar-refractivity contribution < 1.29 is 4.79 Å². The summed E-state index contributed by atoms with van der Waals surface area (Å²) in [7, 11) is 1.83. The Hall–Kier alpha value is -2.30. The zero-order chi connectivity index (χ0) is 14.8. The number of para-hydroxylation sites is 1. The van der Waals surface area contributed by atoms with Gasteiger partial charge in [-0.3, -0.25) is 9.48 Å². The first kappa shape index (κ1) is 13.7. The smallest absolute Gasteiger partial charge is 0.257 e. The summed E-state index contributed by atoms with van der Waals surface area (Å²) in [5.74, 6) is 0.0764. The summed E-state index contributed by atoms with van der Waals surface area (Å²) in [4.78, 5) is 16.6. The van der Waals surface area contributed by atoms with Crippen molar-refractivity contribution in [3.63, 3.8) is 0 Å². The fourth-order valence-corrected chi connectivity index (χ4v) is 2.78. The third-order valence-electron chi connectivity index (χ3n) is 3.97. The molecule has 21 heavy (non-hydrogen) atoms. The van der Waals surface area contributed by atoms with E-state index in [-0.39, 0.29) is 5.91 Å². The standard InChI is InChI=1S/C16H20N4O/c1-13-5-3-4-6-15(13)19-7-9-20(10-8-19)16(21)14-11-17-18(2)12-14/h3-6,11-12H,7-10H2,1-2H3. The molecule has 0 unspecified atom stereocenters. The van der Waals surface area contributed by atoms with Gasteiger partial charge in [0.1, 0.15) is 0 Å². The third kappa shape index (κ3) is 2.77. The van der Waals surface area contributed by atoms with Crippen molar-refractivity contribution in [1.29, 1.82) is 0 Å². The van der Waals surface area contributed by atoms with Crippen LogP contribution >= 0.6 is 0 Å². The van der Waals surface area contributed by atoms with Crippen LogP contribution in [0.25, 0.3) is 0 Å². The van der Waals surface area contributed by atoms with Crippen LogP contribution in [0.3, 0.4) is 0 Å². The Balaban J connectivity index is 1.65. The van der Waals surface area contributed by atoms with Crippen LogP contribution in [0, 0.1) is 6.92 Å². The van der Waals surface area contributed by atoms with E-state index < -0.39 is 0 Å². The summed E-state index contributed by atoms with van der Waals surface area (Å²) in [5, 5.41) is 4.07. The molecule has 2 heterocycles. The van der Waals surface area contributed by atoms with Crippen LogP contribution in [0.4, 0.5) is 5.69 Å². The molecule has 1 fully saturated rings. The molecule has 5 nitrogen and oxygen atoms in total. The molecule has 1 aliphatic heterocycles. The molecule has 0 spiro atoms. The van der Waals surface area contributed by atoms with Crippen LogP contribution in [0.5, 0.6) is 0 Å². The lowest BCUT2D eigenvalue weighted by Gasteiger charge is -2.36. The molecule has 1 amide bonds. The summed E-state index contributed by atoms with van der Waals surface area (Å²) in [6.07, 6.45) is 3.41. The van der Waals surface area contributed by atoms with Gasteiger partial charge in [-0.1, -0.05) is 18.2 Å². The van der Waals surface area contributed by atoms with Crippen LogP contribution in [-0.2, 0) is 7.05 Å². The highest BCUT2D eigenvalue weighted by molar-refractivity contribution is 5.93. The van der Waals surface area contributed by atoms with Gasteiger partial charge in [0.25, 0.3) is 5.91 Å². The number of piperazine rings is 1. The number of amides is 1. The van der Waals surface area contributed by atoms with Gasteiger partial charge in [-0.25, -0.2) is 0 Å². The van der Waals surface area contributed by atoms with Crippen LogP contribution < -0.4 is 4.90 Å². The van der Waals surface area contributed by atoms with Gasteiger partial charge in [0.05, 0.1) is 11.8 Å². The molecule has 0 N–H and O–H groups in total. The topological polar surface area (TPSA) is 41.4 Å². The first-order valence-corrected chi connectivity index (χ1v) is 7.23. The van der Waals surface area contributed by atoms with Crippen LogP contribution in [-0.4, -0.2) is 46.8 Å². The van der Waals surface area contributed by atoms with Crippen LogP contribution in [0.2, 0.25) is 0 Å². The normalized spacial score (nSPS) is 15.3. The maximum atomic E-state index is 12.4. The molecular weight excluding hydrogens is 264 g/mol. The minimum absolute atomic E-state index is 0.0764. The van der Waals surface area contributed by atoms with Crippen LogP contribution in [0.15, 0.2) is 36.7 Å². The molecule has 0 saturated carbocycles. The number of hydrogen-bond acceptors (Lipinski definition) is 3. The Labute approximate surface area is 124 Å². The summed E-state index contributed by atoms with van der Waals surface area (Å²) in [6, 6.07) is 8.40. The molecule has 0 radical (unpaired) electrons. The third-order valence-corrected chi connectivity index (χ3v) is 3.97. The number of aryl methyl sites for hydroxylation is 2. The van der Waals surface area contributed by atoms with E-state index in [4.69, 9.17) is 0 Å². The summed E-state index contributed by atoms with van der Waals surface area (Å²) in [6.45, 7) is 5.38. The van der Waals surface area contributed by atoms with E-state index in [0.29, 0.717) is 5.56 Å². The second-order valence-corrected chi connectivity index (χ2v) is 5.47. The highest BCUT2D eigenvalue weighted by atomic mass is 16.2. The molecule has 1 aromatic heterocycles. The molecule has 0 aliphatic carbocycles. The Kier molecular flexibility index (Phi) is 3.64. The average molecular weight is 284 g/mol.